The molecule has 0 unspecified atom stereocenters. The Kier molecular flexibility index (Phi) is 4.93. The quantitative estimate of drug-likeness (QED) is 0.695. The fourth-order valence-electron chi connectivity index (χ4n) is 3.24. The number of carbonyl (C=O) groups excluding carboxylic acids is 1. The van der Waals surface area contributed by atoms with Crippen LogP contribution in [0.25, 0.3) is 11.0 Å². The summed E-state index contributed by atoms with van der Waals surface area (Å²) in [6.45, 7) is 5.07. The maximum atomic E-state index is 12.4. The van der Waals surface area contributed by atoms with Crippen LogP contribution in [0.3, 0.4) is 0 Å². The zero-order valence-electron chi connectivity index (χ0n) is 15.2. The van der Waals surface area contributed by atoms with Gasteiger partial charge in [0.15, 0.2) is 0 Å². The van der Waals surface area contributed by atoms with Gasteiger partial charge in [-0.25, -0.2) is 14.6 Å². The summed E-state index contributed by atoms with van der Waals surface area (Å²) in [5.41, 5.74) is 2.24. The first-order chi connectivity index (χ1) is 13.2. The minimum Gasteiger partial charge on any atom is -0.351 e. The Morgan fingerprint density at radius 2 is 1.93 bits per heavy atom. The van der Waals surface area contributed by atoms with Gasteiger partial charge in [-0.15, -0.1) is 5.10 Å². The van der Waals surface area contributed by atoms with Gasteiger partial charge in [0.25, 0.3) is 5.91 Å². The van der Waals surface area contributed by atoms with Gasteiger partial charge in [-0.05, 0) is 24.3 Å². The molecule has 1 saturated heterocycles. The molecule has 1 amide bonds. The SMILES string of the molecule is Cn1nnc2cc(C(=O)NCCN3CCN(c4ncccn4)CC3)ccc21. The summed E-state index contributed by atoms with van der Waals surface area (Å²) in [6.07, 6.45) is 3.53. The van der Waals surface area contributed by atoms with Crippen LogP contribution in [-0.2, 0) is 7.05 Å². The molecule has 9 heteroatoms. The summed E-state index contributed by atoms with van der Waals surface area (Å²) in [5, 5.41) is 11.0. The van der Waals surface area contributed by atoms with Crippen molar-refractivity contribution in [2.75, 3.05) is 44.2 Å². The molecule has 3 heterocycles. The van der Waals surface area contributed by atoms with Crippen LogP contribution in [0.4, 0.5) is 5.95 Å². The van der Waals surface area contributed by atoms with Crippen LogP contribution in [-0.4, -0.2) is 75.0 Å². The van der Waals surface area contributed by atoms with Crippen LogP contribution in [0.2, 0.25) is 0 Å². The molecule has 3 aromatic rings. The molecular formula is C18H22N8O. The zero-order valence-corrected chi connectivity index (χ0v) is 15.2. The molecule has 4 rings (SSSR count). The van der Waals surface area contributed by atoms with E-state index in [9.17, 15) is 4.79 Å². The van der Waals surface area contributed by atoms with Gasteiger partial charge in [0.05, 0.1) is 5.52 Å². The van der Waals surface area contributed by atoms with Gasteiger partial charge in [0.2, 0.25) is 5.95 Å². The van der Waals surface area contributed by atoms with Crippen molar-refractivity contribution in [1.29, 1.82) is 0 Å². The number of piperazine rings is 1. The third-order valence-electron chi connectivity index (χ3n) is 4.79. The lowest BCUT2D eigenvalue weighted by Gasteiger charge is -2.34. The molecule has 0 radical (unpaired) electrons. The number of anilines is 1. The van der Waals surface area contributed by atoms with E-state index in [0.717, 1.165) is 49.7 Å². The Balaban J connectivity index is 1.24. The lowest BCUT2D eigenvalue weighted by molar-refractivity contribution is 0.0948. The summed E-state index contributed by atoms with van der Waals surface area (Å²) in [6, 6.07) is 7.27. The smallest absolute Gasteiger partial charge is 0.251 e. The average molecular weight is 366 g/mol. The fourth-order valence-corrected chi connectivity index (χ4v) is 3.24. The molecule has 0 bridgehead atoms. The van der Waals surface area contributed by atoms with Crippen molar-refractivity contribution in [3.05, 3.63) is 42.2 Å². The lowest BCUT2D eigenvalue weighted by atomic mass is 10.2. The predicted molar refractivity (Wildman–Crippen MR) is 102 cm³/mol. The molecule has 1 aromatic carbocycles. The molecule has 1 fully saturated rings. The van der Waals surface area contributed by atoms with E-state index in [2.05, 4.69) is 35.4 Å². The van der Waals surface area contributed by atoms with Crippen molar-refractivity contribution >= 4 is 22.9 Å². The summed E-state index contributed by atoms with van der Waals surface area (Å²) < 4.78 is 1.69. The zero-order chi connectivity index (χ0) is 18.6. The number of nitrogens with one attached hydrogen (secondary N) is 1. The number of fused-ring (bicyclic) bond motifs is 1. The molecule has 27 heavy (non-hydrogen) atoms. The Morgan fingerprint density at radius 1 is 1.15 bits per heavy atom. The van der Waals surface area contributed by atoms with Crippen molar-refractivity contribution in [3.8, 4) is 0 Å². The number of amides is 1. The number of aromatic nitrogens is 5. The molecule has 0 atom stereocenters. The van der Waals surface area contributed by atoms with Crippen LogP contribution >= 0.6 is 0 Å². The first-order valence-corrected chi connectivity index (χ1v) is 9.03. The maximum absolute atomic E-state index is 12.4. The standard InChI is InChI=1S/C18H22N8O/c1-24-16-4-3-14(13-15(16)22-23-24)17(27)19-7-8-25-9-11-26(12-10-25)18-20-5-2-6-21-18/h2-6,13H,7-12H2,1H3,(H,19,27). The molecular weight excluding hydrogens is 344 g/mol. The summed E-state index contributed by atoms with van der Waals surface area (Å²) in [7, 11) is 1.83. The van der Waals surface area contributed by atoms with Crippen LogP contribution in [0.15, 0.2) is 36.7 Å². The van der Waals surface area contributed by atoms with E-state index in [1.54, 1.807) is 29.2 Å². The van der Waals surface area contributed by atoms with Crippen LogP contribution in [0, 0.1) is 0 Å². The molecule has 140 valence electrons. The second-order valence-corrected chi connectivity index (χ2v) is 6.55. The van der Waals surface area contributed by atoms with Crippen molar-refractivity contribution in [2.24, 2.45) is 7.05 Å². The normalized spacial score (nSPS) is 15.2. The van der Waals surface area contributed by atoms with Gasteiger partial charge in [0.1, 0.15) is 5.52 Å². The number of rotatable bonds is 5. The number of benzene rings is 1. The van der Waals surface area contributed by atoms with E-state index < -0.39 is 0 Å². The maximum Gasteiger partial charge on any atom is 0.251 e. The Morgan fingerprint density at radius 3 is 2.70 bits per heavy atom. The van der Waals surface area contributed by atoms with Gasteiger partial charge < -0.3 is 10.2 Å². The van der Waals surface area contributed by atoms with Gasteiger partial charge in [-0.2, -0.15) is 0 Å². The largest absolute Gasteiger partial charge is 0.351 e. The topological polar surface area (TPSA) is 92.1 Å². The van der Waals surface area contributed by atoms with Crippen LogP contribution in [0.5, 0.6) is 0 Å². The number of aryl methyl sites for hydroxylation is 1. The molecule has 0 spiro atoms. The number of hydrogen-bond donors (Lipinski definition) is 1. The minimum atomic E-state index is -0.0844. The highest BCUT2D eigenvalue weighted by Gasteiger charge is 2.18. The highest BCUT2D eigenvalue weighted by Crippen LogP contribution is 2.12. The van der Waals surface area contributed by atoms with E-state index in [0.29, 0.717) is 12.1 Å². The van der Waals surface area contributed by atoms with Crippen molar-refractivity contribution < 1.29 is 4.79 Å². The fraction of sp³-hybridized carbons (Fsp3) is 0.389. The summed E-state index contributed by atoms with van der Waals surface area (Å²) in [5.74, 6) is 0.698. The van der Waals surface area contributed by atoms with E-state index in [1.165, 1.54) is 0 Å². The third-order valence-corrected chi connectivity index (χ3v) is 4.79. The Hall–Kier alpha value is -3.07. The number of hydrogen-bond acceptors (Lipinski definition) is 7. The first-order valence-electron chi connectivity index (χ1n) is 9.03. The Labute approximate surface area is 157 Å². The molecule has 1 aliphatic rings. The monoisotopic (exact) mass is 366 g/mol. The lowest BCUT2D eigenvalue weighted by Crippen LogP contribution is -2.49. The Bertz CT molecular complexity index is 918. The van der Waals surface area contributed by atoms with Gasteiger partial charge in [0, 0.05) is 64.3 Å². The van der Waals surface area contributed by atoms with E-state index >= 15 is 0 Å². The number of nitrogens with zero attached hydrogens (tertiary/aromatic N) is 7. The van der Waals surface area contributed by atoms with Gasteiger partial charge in [-0.3, -0.25) is 9.69 Å². The minimum absolute atomic E-state index is 0.0844. The number of carbonyl (C=O) groups is 1. The predicted octanol–water partition coefficient (Wildman–Crippen LogP) is 0.310. The van der Waals surface area contributed by atoms with Crippen molar-refractivity contribution in [2.45, 2.75) is 0 Å². The van der Waals surface area contributed by atoms with Gasteiger partial charge in [-0.1, -0.05) is 5.21 Å². The molecule has 1 N–H and O–H groups in total. The second-order valence-electron chi connectivity index (χ2n) is 6.55. The van der Waals surface area contributed by atoms with E-state index in [1.807, 2.05) is 19.2 Å². The van der Waals surface area contributed by atoms with Crippen molar-refractivity contribution in [3.63, 3.8) is 0 Å². The second kappa shape index (κ2) is 7.67. The molecule has 0 aliphatic carbocycles. The van der Waals surface area contributed by atoms with Crippen LogP contribution in [0.1, 0.15) is 10.4 Å². The molecule has 2 aromatic heterocycles. The highest BCUT2D eigenvalue weighted by atomic mass is 16.1. The average Bonchev–Trinajstić information content (AvgIpc) is 3.09. The van der Waals surface area contributed by atoms with E-state index in [4.69, 9.17) is 0 Å². The summed E-state index contributed by atoms with van der Waals surface area (Å²) in [4.78, 5) is 25.5. The third kappa shape index (κ3) is 3.87. The van der Waals surface area contributed by atoms with Crippen LogP contribution < -0.4 is 10.2 Å². The van der Waals surface area contributed by atoms with Gasteiger partial charge >= 0.3 is 0 Å². The first kappa shape index (κ1) is 17.3. The molecule has 0 saturated carbocycles. The molecule has 1 aliphatic heterocycles. The summed E-state index contributed by atoms with van der Waals surface area (Å²) >= 11 is 0. The molecule has 9 nitrogen and oxygen atoms in total. The van der Waals surface area contributed by atoms with Crippen molar-refractivity contribution in [1.82, 2.24) is 35.2 Å². The highest BCUT2D eigenvalue weighted by molar-refractivity contribution is 5.97. The van der Waals surface area contributed by atoms with E-state index in [-0.39, 0.29) is 5.91 Å².